The van der Waals surface area contributed by atoms with Crippen LogP contribution < -0.4 is 0 Å². The third kappa shape index (κ3) is 2.24. The summed E-state index contributed by atoms with van der Waals surface area (Å²) in [6, 6.07) is 0. The van der Waals surface area contributed by atoms with Crippen LogP contribution in [-0.2, 0) is 9.53 Å². The summed E-state index contributed by atoms with van der Waals surface area (Å²) in [5.41, 5.74) is 0.605. The predicted molar refractivity (Wildman–Crippen MR) is 71.3 cm³/mol. The Labute approximate surface area is 110 Å². The molecule has 4 rings (SSSR count). The van der Waals surface area contributed by atoms with Gasteiger partial charge in [-0.1, -0.05) is 20.8 Å². The molecular weight excluding hydrogens is 224 g/mol. The molecule has 4 aliphatic rings. The molecule has 4 aliphatic carbocycles. The van der Waals surface area contributed by atoms with Crippen LogP contribution in [0, 0.1) is 28.6 Å². The Bertz CT molecular complexity index is 335. The van der Waals surface area contributed by atoms with E-state index >= 15 is 0 Å². The molecule has 0 heterocycles. The first-order valence-electron chi connectivity index (χ1n) is 7.48. The molecular formula is C16H26O2. The Morgan fingerprint density at radius 3 is 2.33 bits per heavy atom. The Morgan fingerprint density at radius 1 is 1.17 bits per heavy atom. The van der Waals surface area contributed by atoms with Gasteiger partial charge in [0.25, 0.3) is 0 Å². The molecule has 4 bridgehead atoms. The predicted octanol–water partition coefficient (Wildman–Crippen LogP) is 3.44. The summed E-state index contributed by atoms with van der Waals surface area (Å²) in [4.78, 5) is 12.1. The molecule has 0 spiro atoms. The SMILES string of the molecule is CC(C)(C)COCC12CC3CC(C1)C(=O)C(C3)C2. The fourth-order valence-corrected chi connectivity index (χ4v) is 4.66. The highest BCUT2D eigenvalue weighted by molar-refractivity contribution is 5.85. The molecule has 0 N–H and O–H groups in total. The van der Waals surface area contributed by atoms with Crippen LogP contribution in [0.25, 0.3) is 0 Å². The largest absolute Gasteiger partial charge is 0.380 e. The summed E-state index contributed by atoms with van der Waals surface area (Å²) in [7, 11) is 0. The number of ether oxygens (including phenoxy) is 1. The van der Waals surface area contributed by atoms with Crippen molar-refractivity contribution in [2.45, 2.75) is 52.9 Å². The highest BCUT2D eigenvalue weighted by Gasteiger charge is 2.55. The van der Waals surface area contributed by atoms with E-state index in [4.69, 9.17) is 4.74 Å². The van der Waals surface area contributed by atoms with Crippen molar-refractivity contribution in [3.8, 4) is 0 Å². The van der Waals surface area contributed by atoms with E-state index in [1.54, 1.807) is 0 Å². The van der Waals surface area contributed by atoms with Crippen LogP contribution in [0.15, 0.2) is 0 Å². The average Bonchev–Trinajstić information content (AvgIpc) is 2.22. The molecule has 4 saturated carbocycles. The van der Waals surface area contributed by atoms with Crippen molar-refractivity contribution < 1.29 is 9.53 Å². The molecule has 0 aromatic rings. The van der Waals surface area contributed by atoms with Crippen molar-refractivity contribution in [3.05, 3.63) is 0 Å². The monoisotopic (exact) mass is 250 g/mol. The number of carbonyl (C=O) groups is 1. The van der Waals surface area contributed by atoms with Gasteiger partial charge in [-0.2, -0.15) is 0 Å². The van der Waals surface area contributed by atoms with E-state index in [1.807, 2.05) is 0 Å². The van der Waals surface area contributed by atoms with Gasteiger partial charge < -0.3 is 4.74 Å². The molecule has 2 nitrogen and oxygen atoms in total. The molecule has 0 radical (unpaired) electrons. The number of rotatable bonds is 3. The van der Waals surface area contributed by atoms with Crippen LogP contribution in [0.2, 0.25) is 0 Å². The Morgan fingerprint density at radius 2 is 1.78 bits per heavy atom. The second kappa shape index (κ2) is 4.06. The fraction of sp³-hybridized carbons (Fsp3) is 0.938. The van der Waals surface area contributed by atoms with Crippen LogP contribution in [0.1, 0.15) is 52.9 Å². The number of carbonyl (C=O) groups excluding carboxylic acids is 1. The topological polar surface area (TPSA) is 26.3 Å². The van der Waals surface area contributed by atoms with Gasteiger partial charge in [0, 0.05) is 11.8 Å². The molecule has 2 atom stereocenters. The minimum Gasteiger partial charge on any atom is -0.380 e. The maximum absolute atomic E-state index is 12.1. The molecule has 18 heavy (non-hydrogen) atoms. The van der Waals surface area contributed by atoms with Gasteiger partial charge in [0.2, 0.25) is 0 Å². The number of Topliss-reactive ketones (excluding diaryl/α,β-unsaturated/α-hetero) is 1. The van der Waals surface area contributed by atoms with E-state index in [-0.39, 0.29) is 5.41 Å². The summed E-state index contributed by atoms with van der Waals surface area (Å²) >= 11 is 0. The summed E-state index contributed by atoms with van der Waals surface area (Å²) < 4.78 is 6.01. The van der Waals surface area contributed by atoms with Gasteiger partial charge in [-0.05, 0) is 48.9 Å². The summed E-state index contributed by atoms with van der Waals surface area (Å²) in [6.45, 7) is 8.38. The van der Waals surface area contributed by atoms with Gasteiger partial charge in [0.05, 0.1) is 13.2 Å². The summed E-state index contributed by atoms with van der Waals surface area (Å²) in [5.74, 6) is 2.17. The van der Waals surface area contributed by atoms with Crippen LogP contribution >= 0.6 is 0 Å². The van der Waals surface area contributed by atoms with Crippen molar-refractivity contribution in [1.82, 2.24) is 0 Å². The summed E-state index contributed by atoms with van der Waals surface area (Å²) in [5, 5.41) is 0. The van der Waals surface area contributed by atoms with E-state index in [1.165, 1.54) is 19.3 Å². The van der Waals surface area contributed by atoms with Crippen LogP contribution in [0.3, 0.4) is 0 Å². The first-order valence-corrected chi connectivity index (χ1v) is 7.48. The van der Waals surface area contributed by atoms with Gasteiger partial charge in [-0.25, -0.2) is 0 Å². The molecule has 102 valence electrons. The van der Waals surface area contributed by atoms with E-state index in [0.717, 1.165) is 32.0 Å². The van der Waals surface area contributed by atoms with Gasteiger partial charge in [0.1, 0.15) is 5.78 Å². The number of hydrogen-bond acceptors (Lipinski definition) is 2. The Balaban J connectivity index is 1.64. The standard InChI is InChI=1S/C16H26O2/c1-15(2,3)9-18-10-16-6-11-4-12(7-16)14(17)13(5-11)8-16/h11-13H,4-10H2,1-3H3. The highest BCUT2D eigenvalue weighted by Crippen LogP contribution is 2.58. The van der Waals surface area contributed by atoms with Crippen molar-refractivity contribution >= 4 is 5.78 Å². The highest BCUT2D eigenvalue weighted by atomic mass is 16.5. The molecule has 0 aromatic heterocycles. The summed E-state index contributed by atoms with van der Waals surface area (Å²) in [6.07, 6.45) is 5.90. The second-order valence-corrected chi connectivity index (χ2v) is 8.30. The fourth-order valence-electron chi connectivity index (χ4n) is 4.66. The minimum absolute atomic E-state index is 0.248. The first kappa shape index (κ1) is 12.7. The molecule has 4 fully saturated rings. The molecule has 0 aromatic carbocycles. The normalized spacial score (nSPS) is 42.6. The lowest BCUT2D eigenvalue weighted by Gasteiger charge is -2.55. The first-order chi connectivity index (χ1) is 8.37. The maximum atomic E-state index is 12.1. The molecule has 0 saturated heterocycles. The molecule has 2 heteroatoms. The maximum Gasteiger partial charge on any atom is 0.139 e. The van der Waals surface area contributed by atoms with Crippen molar-refractivity contribution in [3.63, 3.8) is 0 Å². The smallest absolute Gasteiger partial charge is 0.139 e. The van der Waals surface area contributed by atoms with E-state index < -0.39 is 0 Å². The van der Waals surface area contributed by atoms with Gasteiger partial charge in [-0.15, -0.1) is 0 Å². The average molecular weight is 250 g/mol. The van der Waals surface area contributed by atoms with E-state index in [9.17, 15) is 4.79 Å². The Hall–Kier alpha value is -0.370. The zero-order valence-corrected chi connectivity index (χ0v) is 12.0. The third-order valence-electron chi connectivity index (χ3n) is 5.06. The Kier molecular flexibility index (Phi) is 2.85. The lowest BCUT2D eigenvalue weighted by molar-refractivity contribution is -0.154. The zero-order valence-electron chi connectivity index (χ0n) is 12.0. The lowest BCUT2D eigenvalue weighted by Crippen LogP contribution is -2.53. The lowest BCUT2D eigenvalue weighted by atomic mass is 9.49. The second-order valence-electron chi connectivity index (χ2n) is 8.30. The van der Waals surface area contributed by atoms with E-state index in [2.05, 4.69) is 20.8 Å². The quantitative estimate of drug-likeness (QED) is 0.767. The van der Waals surface area contributed by atoms with Crippen LogP contribution in [0.4, 0.5) is 0 Å². The molecule has 0 amide bonds. The number of hydrogen-bond donors (Lipinski definition) is 0. The van der Waals surface area contributed by atoms with Crippen LogP contribution in [-0.4, -0.2) is 19.0 Å². The van der Waals surface area contributed by atoms with Gasteiger partial charge >= 0.3 is 0 Å². The van der Waals surface area contributed by atoms with Crippen LogP contribution in [0.5, 0.6) is 0 Å². The molecule has 2 unspecified atom stereocenters. The zero-order chi connectivity index (χ0) is 13.0. The van der Waals surface area contributed by atoms with Crippen molar-refractivity contribution in [2.75, 3.05) is 13.2 Å². The minimum atomic E-state index is 0.248. The van der Waals surface area contributed by atoms with Crippen molar-refractivity contribution in [2.24, 2.45) is 28.6 Å². The molecule has 0 aliphatic heterocycles. The van der Waals surface area contributed by atoms with E-state index in [0.29, 0.717) is 23.0 Å². The van der Waals surface area contributed by atoms with Gasteiger partial charge in [-0.3, -0.25) is 4.79 Å². The van der Waals surface area contributed by atoms with Crippen molar-refractivity contribution in [1.29, 1.82) is 0 Å². The third-order valence-corrected chi connectivity index (χ3v) is 5.06. The van der Waals surface area contributed by atoms with Gasteiger partial charge in [0.15, 0.2) is 0 Å². The number of ketones is 1.